The maximum absolute atomic E-state index is 13.0. The summed E-state index contributed by atoms with van der Waals surface area (Å²) in [5.41, 5.74) is 0.701. The van der Waals surface area contributed by atoms with E-state index in [1.165, 1.54) is 37.5 Å². The van der Waals surface area contributed by atoms with Crippen LogP contribution in [0.15, 0.2) is 30.3 Å². The normalized spacial score (nSPS) is 23.5. The highest BCUT2D eigenvalue weighted by molar-refractivity contribution is 5.91. The van der Waals surface area contributed by atoms with Gasteiger partial charge in [0.25, 0.3) is 0 Å². The Balaban J connectivity index is 1.90. The van der Waals surface area contributed by atoms with Crippen molar-refractivity contribution in [2.24, 2.45) is 5.92 Å². The van der Waals surface area contributed by atoms with Gasteiger partial charge >= 0.3 is 0 Å². The zero-order chi connectivity index (χ0) is 13.7. The lowest BCUT2D eigenvalue weighted by Crippen LogP contribution is -2.40. The molecule has 0 bridgehead atoms. The molecule has 2 atom stereocenters. The van der Waals surface area contributed by atoms with Gasteiger partial charge in [-0.15, -0.1) is 0 Å². The zero-order valence-electron chi connectivity index (χ0n) is 11.2. The lowest BCUT2D eigenvalue weighted by molar-refractivity contribution is -0.117. The SMILES string of the molecule is C[C@H]1CCCC[C@@H]1NC(=O)/C=C/c1cccc(F)c1. The molecule has 1 aliphatic carbocycles. The second-order valence-corrected chi connectivity index (χ2v) is 5.27. The highest BCUT2D eigenvalue weighted by Crippen LogP contribution is 2.23. The maximum atomic E-state index is 13.0. The highest BCUT2D eigenvalue weighted by atomic mass is 19.1. The van der Waals surface area contributed by atoms with Crippen LogP contribution in [0.25, 0.3) is 6.08 Å². The van der Waals surface area contributed by atoms with Crippen LogP contribution in [0.3, 0.4) is 0 Å². The molecule has 0 saturated heterocycles. The molecule has 0 aliphatic heterocycles. The molecule has 2 nitrogen and oxygen atoms in total. The van der Waals surface area contributed by atoms with Gasteiger partial charge in [-0.25, -0.2) is 4.39 Å². The number of carbonyl (C=O) groups excluding carboxylic acids is 1. The molecule has 1 amide bonds. The largest absolute Gasteiger partial charge is 0.350 e. The van der Waals surface area contributed by atoms with Gasteiger partial charge in [-0.05, 0) is 42.5 Å². The summed E-state index contributed by atoms with van der Waals surface area (Å²) < 4.78 is 13.0. The van der Waals surface area contributed by atoms with Crippen molar-refractivity contribution in [3.63, 3.8) is 0 Å². The van der Waals surface area contributed by atoms with Gasteiger partial charge in [0.05, 0.1) is 0 Å². The summed E-state index contributed by atoms with van der Waals surface area (Å²) in [6.07, 6.45) is 7.80. The third-order valence-corrected chi connectivity index (χ3v) is 3.71. The number of amides is 1. The van der Waals surface area contributed by atoms with Crippen molar-refractivity contribution in [1.82, 2.24) is 5.32 Å². The minimum atomic E-state index is -0.288. The van der Waals surface area contributed by atoms with Crippen molar-refractivity contribution in [2.45, 2.75) is 38.6 Å². The van der Waals surface area contributed by atoms with Crippen LogP contribution < -0.4 is 5.32 Å². The lowest BCUT2D eigenvalue weighted by Gasteiger charge is -2.29. The molecule has 0 aromatic heterocycles. The summed E-state index contributed by atoms with van der Waals surface area (Å²) in [6.45, 7) is 2.18. The van der Waals surface area contributed by atoms with Gasteiger partial charge in [-0.1, -0.05) is 31.9 Å². The molecule has 1 saturated carbocycles. The van der Waals surface area contributed by atoms with E-state index in [1.54, 1.807) is 18.2 Å². The molecule has 1 aromatic rings. The first-order chi connectivity index (χ1) is 9.15. The number of hydrogen-bond donors (Lipinski definition) is 1. The Hall–Kier alpha value is -1.64. The van der Waals surface area contributed by atoms with E-state index in [-0.39, 0.29) is 17.8 Å². The van der Waals surface area contributed by atoms with Crippen molar-refractivity contribution >= 4 is 12.0 Å². The summed E-state index contributed by atoms with van der Waals surface area (Å²) >= 11 is 0. The van der Waals surface area contributed by atoms with Gasteiger partial charge in [0.15, 0.2) is 0 Å². The first-order valence-electron chi connectivity index (χ1n) is 6.89. The molecule has 1 fully saturated rings. The fourth-order valence-electron chi connectivity index (χ4n) is 2.54. The Bertz CT molecular complexity index is 470. The van der Waals surface area contributed by atoms with E-state index < -0.39 is 0 Å². The van der Waals surface area contributed by atoms with Crippen molar-refractivity contribution < 1.29 is 9.18 Å². The molecular formula is C16H20FNO. The van der Waals surface area contributed by atoms with Crippen molar-refractivity contribution in [1.29, 1.82) is 0 Å². The van der Waals surface area contributed by atoms with Gasteiger partial charge < -0.3 is 5.32 Å². The van der Waals surface area contributed by atoms with Gasteiger partial charge in [-0.3, -0.25) is 4.79 Å². The smallest absolute Gasteiger partial charge is 0.244 e. The third-order valence-electron chi connectivity index (χ3n) is 3.71. The van der Waals surface area contributed by atoms with Gasteiger partial charge in [0, 0.05) is 12.1 Å². The predicted octanol–water partition coefficient (Wildman–Crippen LogP) is 3.53. The molecule has 3 heteroatoms. The Morgan fingerprint density at radius 1 is 1.37 bits per heavy atom. The molecule has 1 aromatic carbocycles. The van der Waals surface area contributed by atoms with Gasteiger partial charge in [-0.2, -0.15) is 0 Å². The second-order valence-electron chi connectivity index (χ2n) is 5.27. The summed E-state index contributed by atoms with van der Waals surface area (Å²) in [5, 5.41) is 3.03. The van der Waals surface area contributed by atoms with E-state index in [0.29, 0.717) is 11.5 Å². The number of hydrogen-bond acceptors (Lipinski definition) is 1. The maximum Gasteiger partial charge on any atom is 0.244 e. The van der Waals surface area contributed by atoms with E-state index >= 15 is 0 Å². The van der Waals surface area contributed by atoms with Crippen LogP contribution in [-0.2, 0) is 4.79 Å². The minimum absolute atomic E-state index is 0.0944. The van der Waals surface area contributed by atoms with Crippen LogP contribution in [-0.4, -0.2) is 11.9 Å². The number of benzene rings is 1. The van der Waals surface area contributed by atoms with E-state index in [4.69, 9.17) is 0 Å². The van der Waals surface area contributed by atoms with Crippen LogP contribution in [0.2, 0.25) is 0 Å². The van der Waals surface area contributed by atoms with E-state index in [2.05, 4.69) is 12.2 Å². The average molecular weight is 261 g/mol. The molecule has 1 aliphatic rings. The number of halogens is 1. The molecule has 1 N–H and O–H groups in total. The first kappa shape index (κ1) is 13.8. The molecule has 0 unspecified atom stereocenters. The Morgan fingerprint density at radius 3 is 2.89 bits per heavy atom. The van der Waals surface area contributed by atoms with Crippen molar-refractivity contribution in [3.05, 3.63) is 41.7 Å². The Labute approximate surface area is 113 Å². The van der Waals surface area contributed by atoms with Gasteiger partial charge in [0.1, 0.15) is 5.82 Å². The average Bonchev–Trinajstić information content (AvgIpc) is 2.39. The highest BCUT2D eigenvalue weighted by Gasteiger charge is 2.21. The minimum Gasteiger partial charge on any atom is -0.350 e. The van der Waals surface area contributed by atoms with E-state index in [1.807, 2.05) is 0 Å². The van der Waals surface area contributed by atoms with Crippen LogP contribution in [0.5, 0.6) is 0 Å². The molecular weight excluding hydrogens is 241 g/mol. The standard InChI is InChI=1S/C16H20FNO/c1-12-5-2-3-8-15(12)18-16(19)10-9-13-6-4-7-14(17)11-13/h4,6-7,9-12,15H,2-3,5,8H2,1H3,(H,18,19)/b10-9+/t12-,15-/m0/s1. The molecule has 0 spiro atoms. The topological polar surface area (TPSA) is 29.1 Å². The summed E-state index contributed by atoms with van der Waals surface area (Å²) in [5.74, 6) is 0.159. The predicted molar refractivity (Wildman–Crippen MR) is 75.0 cm³/mol. The Kier molecular flexibility index (Phi) is 4.72. The van der Waals surface area contributed by atoms with E-state index in [9.17, 15) is 9.18 Å². The van der Waals surface area contributed by atoms with Gasteiger partial charge in [0.2, 0.25) is 5.91 Å². The van der Waals surface area contributed by atoms with Crippen LogP contribution in [0.1, 0.15) is 38.2 Å². The van der Waals surface area contributed by atoms with Crippen LogP contribution in [0.4, 0.5) is 4.39 Å². The number of rotatable bonds is 3. The molecule has 2 rings (SSSR count). The summed E-state index contributed by atoms with van der Waals surface area (Å²) in [4.78, 5) is 11.8. The van der Waals surface area contributed by atoms with Crippen LogP contribution in [0, 0.1) is 11.7 Å². The summed E-state index contributed by atoms with van der Waals surface area (Å²) in [6, 6.07) is 6.48. The second kappa shape index (κ2) is 6.50. The summed E-state index contributed by atoms with van der Waals surface area (Å²) in [7, 11) is 0. The number of nitrogens with one attached hydrogen (secondary N) is 1. The first-order valence-corrected chi connectivity index (χ1v) is 6.89. The zero-order valence-corrected chi connectivity index (χ0v) is 11.2. The molecule has 0 heterocycles. The monoisotopic (exact) mass is 261 g/mol. The fraction of sp³-hybridized carbons (Fsp3) is 0.438. The lowest BCUT2D eigenvalue weighted by atomic mass is 9.86. The molecule has 102 valence electrons. The van der Waals surface area contributed by atoms with Crippen molar-refractivity contribution in [3.8, 4) is 0 Å². The third kappa shape index (κ3) is 4.19. The Morgan fingerprint density at radius 2 is 2.16 bits per heavy atom. The fourth-order valence-corrected chi connectivity index (χ4v) is 2.54. The van der Waals surface area contributed by atoms with Crippen LogP contribution >= 0.6 is 0 Å². The number of carbonyl (C=O) groups is 1. The quantitative estimate of drug-likeness (QED) is 0.828. The molecule has 19 heavy (non-hydrogen) atoms. The van der Waals surface area contributed by atoms with E-state index in [0.717, 1.165) is 6.42 Å². The molecule has 0 radical (unpaired) electrons. The van der Waals surface area contributed by atoms with Crippen molar-refractivity contribution in [2.75, 3.05) is 0 Å².